The van der Waals surface area contributed by atoms with Crippen molar-refractivity contribution < 1.29 is 18.5 Å². The first-order valence-electron chi connectivity index (χ1n) is 8.97. The van der Waals surface area contributed by atoms with Gasteiger partial charge in [-0.25, -0.2) is 14.5 Å². The smallest absolute Gasteiger partial charge is 0.339 e. The summed E-state index contributed by atoms with van der Waals surface area (Å²) in [7, 11) is 0. The van der Waals surface area contributed by atoms with Crippen molar-refractivity contribution in [3.8, 4) is 11.5 Å². The largest absolute Gasteiger partial charge is 0.463 e. The third-order valence-corrected chi connectivity index (χ3v) is 4.20. The van der Waals surface area contributed by atoms with Crippen LogP contribution >= 0.6 is 0 Å². The van der Waals surface area contributed by atoms with E-state index in [0.717, 1.165) is 0 Å². The lowest BCUT2D eigenvalue weighted by Crippen LogP contribution is -2.08. The van der Waals surface area contributed by atoms with Gasteiger partial charge in [0, 0.05) is 12.5 Å². The number of furan rings is 1. The molecule has 0 bridgehead atoms. The molecule has 0 aromatic carbocycles. The fourth-order valence-corrected chi connectivity index (χ4v) is 2.81. The summed E-state index contributed by atoms with van der Waals surface area (Å²) in [6.07, 6.45) is 3.82. The van der Waals surface area contributed by atoms with E-state index in [0.29, 0.717) is 40.3 Å². The number of aryl methyl sites for hydroxylation is 1. The van der Waals surface area contributed by atoms with Crippen LogP contribution in [-0.2, 0) is 17.8 Å². The van der Waals surface area contributed by atoms with E-state index in [1.54, 1.807) is 35.3 Å². The Balaban J connectivity index is 1.71. The van der Waals surface area contributed by atoms with Crippen LogP contribution in [0.15, 0.2) is 39.6 Å². The van der Waals surface area contributed by atoms with Crippen LogP contribution in [0, 0.1) is 0 Å². The number of esters is 1. The first-order chi connectivity index (χ1) is 13.6. The zero-order valence-electron chi connectivity index (χ0n) is 15.7. The maximum atomic E-state index is 12.8. The van der Waals surface area contributed by atoms with Crippen LogP contribution in [0.3, 0.4) is 0 Å². The van der Waals surface area contributed by atoms with Gasteiger partial charge in [-0.2, -0.15) is 10.1 Å². The van der Waals surface area contributed by atoms with Crippen molar-refractivity contribution >= 4 is 17.0 Å². The number of pyridine rings is 1. The van der Waals surface area contributed by atoms with Crippen LogP contribution < -0.4 is 0 Å². The molecular formula is C19H19N5O4. The van der Waals surface area contributed by atoms with Crippen LogP contribution in [-0.4, -0.2) is 30.9 Å². The molecular weight excluding hydrogens is 362 g/mol. The zero-order valence-corrected chi connectivity index (χ0v) is 15.7. The Hall–Kier alpha value is -3.49. The highest BCUT2D eigenvalue weighted by atomic mass is 16.6. The highest BCUT2D eigenvalue weighted by molar-refractivity contribution is 6.03. The van der Waals surface area contributed by atoms with Gasteiger partial charge in [-0.1, -0.05) is 12.1 Å². The van der Waals surface area contributed by atoms with Crippen molar-refractivity contribution in [2.24, 2.45) is 0 Å². The molecule has 0 radical (unpaired) electrons. The van der Waals surface area contributed by atoms with Gasteiger partial charge in [0.15, 0.2) is 23.8 Å². The zero-order chi connectivity index (χ0) is 19.7. The third kappa shape index (κ3) is 3.26. The second-order valence-corrected chi connectivity index (χ2v) is 6.49. The van der Waals surface area contributed by atoms with Crippen molar-refractivity contribution in [2.45, 2.75) is 39.8 Å². The molecule has 0 saturated heterocycles. The summed E-state index contributed by atoms with van der Waals surface area (Å²) in [6, 6.07) is 5.26. The monoisotopic (exact) mass is 381 g/mol. The summed E-state index contributed by atoms with van der Waals surface area (Å²) in [6.45, 7) is 5.79. The maximum Gasteiger partial charge on any atom is 0.339 e. The Morgan fingerprint density at radius 3 is 2.86 bits per heavy atom. The molecule has 4 heterocycles. The first kappa shape index (κ1) is 17.9. The van der Waals surface area contributed by atoms with Gasteiger partial charge < -0.3 is 13.7 Å². The van der Waals surface area contributed by atoms with Crippen molar-refractivity contribution in [3.63, 3.8) is 0 Å². The number of aromatic nitrogens is 5. The van der Waals surface area contributed by atoms with E-state index >= 15 is 0 Å². The second-order valence-electron chi connectivity index (χ2n) is 6.49. The van der Waals surface area contributed by atoms with E-state index in [2.05, 4.69) is 20.2 Å². The van der Waals surface area contributed by atoms with Crippen LogP contribution in [0.25, 0.3) is 22.5 Å². The topological polar surface area (TPSA) is 109 Å². The van der Waals surface area contributed by atoms with Crippen LogP contribution in [0.1, 0.15) is 48.9 Å². The number of rotatable bonds is 6. The van der Waals surface area contributed by atoms with E-state index < -0.39 is 5.97 Å². The van der Waals surface area contributed by atoms with E-state index in [1.807, 2.05) is 20.8 Å². The number of nitrogens with zero attached hydrogens (tertiary/aromatic N) is 5. The lowest BCUT2D eigenvalue weighted by Gasteiger charge is -2.09. The molecule has 28 heavy (non-hydrogen) atoms. The molecule has 0 aliphatic rings. The minimum Gasteiger partial charge on any atom is -0.463 e. The van der Waals surface area contributed by atoms with Gasteiger partial charge in [0.2, 0.25) is 0 Å². The van der Waals surface area contributed by atoms with Crippen molar-refractivity contribution in [3.05, 3.63) is 47.9 Å². The molecule has 0 aliphatic heterocycles. The summed E-state index contributed by atoms with van der Waals surface area (Å²) in [4.78, 5) is 21.6. The fraction of sp³-hybridized carbons (Fsp3) is 0.316. The summed E-state index contributed by atoms with van der Waals surface area (Å²) in [5.74, 6) is 0.840. The summed E-state index contributed by atoms with van der Waals surface area (Å²) < 4.78 is 17.7. The number of carbonyl (C=O) groups excluding carboxylic acids is 1. The number of ether oxygens (including phenoxy) is 1. The maximum absolute atomic E-state index is 12.8. The fourth-order valence-electron chi connectivity index (χ4n) is 2.81. The van der Waals surface area contributed by atoms with Gasteiger partial charge in [-0.15, -0.1) is 0 Å². The molecule has 4 aromatic heterocycles. The number of hydrogen-bond acceptors (Lipinski definition) is 8. The predicted octanol–water partition coefficient (Wildman–Crippen LogP) is 3.57. The highest BCUT2D eigenvalue weighted by Gasteiger charge is 2.21. The van der Waals surface area contributed by atoms with Gasteiger partial charge in [-0.05, 0) is 32.0 Å². The number of hydrogen-bond donors (Lipinski definition) is 0. The first-order valence-corrected chi connectivity index (χ1v) is 8.97. The number of carbonyl (C=O) groups is 1. The molecule has 0 amide bonds. The third-order valence-electron chi connectivity index (χ3n) is 4.20. The molecule has 9 heteroatoms. The van der Waals surface area contributed by atoms with Crippen LogP contribution in [0.2, 0.25) is 0 Å². The van der Waals surface area contributed by atoms with Gasteiger partial charge in [0.05, 0.1) is 23.4 Å². The standard InChI is InChI=1S/C19H19N5O4/c1-4-16-22-17(28-23-16)10-27-19(25)12-8-14(15-6-5-7-26-15)21-18-13(12)9-20-24(18)11(2)3/h5-9,11H,4,10H2,1-3H3. The number of fused-ring (bicyclic) bond motifs is 1. The second kappa shape index (κ2) is 7.26. The molecule has 0 unspecified atom stereocenters. The summed E-state index contributed by atoms with van der Waals surface area (Å²) in [5.41, 5.74) is 1.46. The van der Waals surface area contributed by atoms with Gasteiger partial charge in [-0.3, -0.25) is 0 Å². The Labute approximate surface area is 160 Å². The highest BCUT2D eigenvalue weighted by Crippen LogP contribution is 2.27. The minimum absolute atomic E-state index is 0.0755. The van der Waals surface area contributed by atoms with Crippen molar-refractivity contribution in [1.82, 2.24) is 24.9 Å². The molecule has 9 nitrogen and oxygen atoms in total. The Morgan fingerprint density at radius 2 is 2.18 bits per heavy atom. The normalized spacial score (nSPS) is 11.4. The van der Waals surface area contributed by atoms with E-state index in [1.165, 1.54) is 0 Å². The average Bonchev–Trinajstić information content (AvgIpc) is 3.45. The van der Waals surface area contributed by atoms with Crippen molar-refractivity contribution in [2.75, 3.05) is 0 Å². The Bertz CT molecular complexity index is 1110. The van der Waals surface area contributed by atoms with Crippen LogP contribution in [0.4, 0.5) is 0 Å². The Kier molecular flexibility index (Phi) is 4.64. The molecule has 0 spiro atoms. The minimum atomic E-state index is -0.528. The molecule has 0 atom stereocenters. The van der Waals surface area contributed by atoms with Crippen LogP contribution in [0.5, 0.6) is 0 Å². The van der Waals surface area contributed by atoms with Crippen molar-refractivity contribution in [1.29, 1.82) is 0 Å². The SMILES string of the molecule is CCc1noc(COC(=O)c2cc(-c3ccco3)nc3c2cnn3C(C)C)n1. The van der Waals surface area contributed by atoms with E-state index in [9.17, 15) is 4.79 Å². The van der Waals surface area contributed by atoms with E-state index in [-0.39, 0.29) is 18.5 Å². The average molecular weight is 381 g/mol. The predicted molar refractivity (Wildman–Crippen MR) is 98.4 cm³/mol. The quantitative estimate of drug-likeness (QED) is 0.466. The van der Waals surface area contributed by atoms with E-state index in [4.69, 9.17) is 13.7 Å². The van der Waals surface area contributed by atoms with Gasteiger partial charge in [0.25, 0.3) is 5.89 Å². The molecule has 0 aliphatic carbocycles. The molecule has 4 aromatic rings. The van der Waals surface area contributed by atoms with Gasteiger partial charge in [0.1, 0.15) is 5.69 Å². The molecule has 4 rings (SSSR count). The Morgan fingerprint density at radius 1 is 1.32 bits per heavy atom. The molecule has 0 N–H and O–H groups in total. The molecule has 144 valence electrons. The molecule has 0 saturated carbocycles. The van der Waals surface area contributed by atoms with Gasteiger partial charge >= 0.3 is 5.97 Å². The summed E-state index contributed by atoms with van der Waals surface area (Å²) in [5, 5.41) is 8.77. The lowest BCUT2D eigenvalue weighted by atomic mass is 10.1. The lowest BCUT2D eigenvalue weighted by molar-refractivity contribution is 0.0432. The summed E-state index contributed by atoms with van der Waals surface area (Å²) >= 11 is 0. The molecule has 0 fully saturated rings.